The zero-order valence-electron chi connectivity index (χ0n) is 15.3. The summed E-state index contributed by atoms with van der Waals surface area (Å²) in [5.74, 6) is 0.661. The lowest BCUT2D eigenvalue weighted by molar-refractivity contribution is -0.384. The molecule has 0 saturated heterocycles. The highest BCUT2D eigenvalue weighted by atomic mass is 16.6. The first kappa shape index (κ1) is 17.2. The lowest BCUT2D eigenvalue weighted by Gasteiger charge is -2.64. The average Bonchev–Trinajstić information content (AvgIpc) is 2.51. The van der Waals surface area contributed by atoms with Gasteiger partial charge in [-0.05, 0) is 55.3 Å². The summed E-state index contributed by atoms with van der Waals surface area (Å²) in [6, 6.07) is 6.23. The van der Waals surface area contributed by atoms with Gasteiger partial charge in [0.25, 0.3) is 5.69 Å². The summed E-state index contributed by atoms with van der Waals surface area (Å²) in [4.78, 5) is 23.4. The van der Waals surface area contributed by atoms with Gasteiger partial charge in [0.15, 0.2) is 0 Å². The van der Waals surface area contributed by atoms with Gasteiger partial charge in [-0.2, -0.15) is 5.10 Å². The standard InChI is InChI=1S/C20H25N3O3/c1-18-7-15-8-19(2,11-18)13-20(9-15,12-18)17(24)22-21-10-14-4-3-5-16(6-14)23(25)26/h3-6,10,15H,7-9,11-13H2,1-2H3,(H,22,24)/b21-10-/t15?,18-,19+,20?. The molecule has 0 spiro atoms. The second kappa shape index (κ2) is 5.63. The van der Waals surface area contributed by atoms with Crippen molar-refractivity contribution in [2.24, 2.45) is 27.3 Å². The van der Waals surface area contributed by atoms with Gasteiger partial charge in [-0.15, -0.1) is 0 Å². The van der Waals surface area contributed by atoms with Gasteiger partial charge >= 0.3 is 0 Å². The van der Waals surface area contributed by atoms with E-state index in [4.69, 9.17) is 0 Å². The van der Waals surface area contributed by atoms with Gasteiger partial charge in [-0.3, -0.25) is 14.9 Å². The zero-order chi connectivity index (χ0) is 18.6. The predicted molar refractivity (Wildman–Crippen MR) is 98.7 cm³/mol. The van der Waals surface area contributed by atoms with Gasteiger partial charge in [-0.25, -0.2) is 5.43 Å². The van der Waals surface area contributed by atoms with Crippen molar-refractivity contribution in [1.29, 1.82) is 0 Å². The molecule has 1 aromatic rings. The lowest BCUT2D eigenvalue weighted by atomic mass is 9.40. The van der Waals surface area contributed by atoms with E-state index < -0.39 is 4.92 Å². The largest absolute Gasteiger partial charge is 0.273 e. The van der Waals surface area contributed by atoms with Crippen molar-refractivity contribution in [1.82, 2.24) is 5.43 Å². The Hall–Kier alpha value is -2.24. The number of hydrogen-bond donors (Lipinski definition) is 1. The van der Waals surface area contributed by atoms with Crippen LogP contribution in [-0.2, 0) is 4.79 Å². The highest BCUT2D eigenvalue weighted by Gasteiger charge is 2.62. The fourth-order valence-corrected chi connectivity index (χ4v) is 6.70. The van der Waals surface area contributed by atoms with Crippen LogP contribution in [0.25, 0.3) is 0 Å². The molecule has 5 rings (SSSR count). The lowest BCUT2D eigenvalue weighted by Crippen LogP contribution is -2.59. The van der Waals surface area contributed by atoms with Crippen molar-refractivity contribution in [3.05, 3.63) is 39.9 Å². The van der Waals surface area contributed by atoms with E-state index >= 15 is 0 Å². The first-order valence-electron chi connectivity index (χ1n) is 9.29. The Labute approximate surface area is 153 Å². The molecule has 4 fully saturated rings. The molecular formula is C20H25N3O3. The molecule has 0 heterocycles. The molecule has 1 amide bonds. The van der Waals surface area contributed by atoms with Crippen molar-refractivity contribution in [3.63, 3.8) is 0 Å². The third kappa shape index (κ3) is 2.91. The maximum Gasteiger partial charge on any atom is 0.270 e. The topological polar surface area (TPSA) is 84.6 Å². The zero-order valence-corrected chi connectivity index (χ0v) is 15.3. The molecule has 6 nitrogen and oxygen atoms in total. The maximum atomic E-state index is 13.0. The highest BCUT2D eigenvalue weighted by Crippen LogP contribution is 2.69. The molecule has 4 atom stereocenters. The summed E-state index contributed by atoms with van der Waals surface area (Å²) in [6.45, 7) is 4.67. The molecule has 2 unspecified atom stereocenters. The van der Waals surface area contributed by atoms with Crippen LogP contribution in [0.3, 0.4) is 0 Å². The van der Waals surface area contributed by atoms with E-state index in [1.54, 1.807) is 12.1 Å². The van der Waals surface area contributed by atoms with E-state index in [1.807, 2.05) is 0 Å². The number of amides is 1. The van der Waals surface area contributed by atoms with Gasteiger partial charge in [0.2, 0.25) is 5.91 Å². The second-order valence-corrected chi connectivity index (χ2v) is 9.46. The molecule has 1 aromatic carbocycles. The number of carbonyl (C=O) groups is 1. The molecule has 0 radical (unpaired) electrons. The summed E-state index contributed by atoms with van der Waals surface area (Å²) < 4.78 is 0. The second-order valence-electron chi connectivity index (χ2n) is 9.46. The third-order valence-electron chi connectivity index (χ3n) is 6.57. The van der Waals surface area contributed by atoms with Crippen LogP contribution in [-0.4, -0.2) is 17.0 Å². The third-order valence-corrected chi connectivity index (χ3v) is 6.57. The smallest absolute Gasteiger partial charge is 0.270 e. The SMILES string of the molecule is C[C@]12CC3CC(C(=O)N/N=C\c4cccc([N+](=O)[O-])c4)(C1)C[C@@](C)(C3)C2. The van der Waals surface area contributed by atoms with Crippen LogP contribution in [0.1, 0.15) is 57.9 Å². The van der Waals surface area contributed by atoms with Crippen LogP contribution in [0.5, 0.6) is 0 Å². The van der Waals surface area contributed by atoms with Crippen molar-refractivity contribution >= 4 is 17.8 Å². The fraction of sp³-hybridized carbons (Fsp3) is 0.600. The maximum absolute atomic E-state index is 13.0. The van der Waals surface area contributed by atoms with E-state index in [0.29, 0.717) is 11.5 Å². The molecule has 0 aliphatic heterocycles. The molecule has 4 aliphatic rings. The normalized spacial score (nSPS) is 37.8. The Bertz CT molecular complexity index is 785. The van der Waals surface area contributed by atoms with E-state index in [0.717, 1.165) is 19.3 Å². The van der Waals surface area contributed by atoms with E-state index in [-0.39, 0.29) is 27.8 Å². The van der Waals surface area contributed by atoms with Crippen molar-refractivity contribution in [2.45, 2.75) is 52.4 Å². The number of carbonyl (C=O) groups excluding carboxylic acids is 1. The molecule has 4 saturated carbocycles. The Morgan fingerprint density at radius 3 is 2.54 bits per heavy atom. The minimum Gasteiger partial charge on any atom is -0.273 e. The van der Waals surface area contributed by atoms with Gasteiger partial charge in [-0.1, -0.05) is 26.0 Å². The Morgan fingerprint density at radius 1 is 1.23 bits per heavy atom. The Balaban J connectivity index is 1.49. The summed E-state index contributed by atoms with van der Waals surface area (Å²) >= 11 is 0. The first-order chi connectivity index (χ1) is 12.2. The number of hydrogen-bond acceptors (Lipinski definition) is 4. The molecule has 138 valence electrons. The van der Waals surface area contributed by atoms with Crippen molar-refractivity contribution in [3.8, 4) is 0 Å². The molecule has 4 bridgehead atoms. The molecule has 0 aromatic heterocycles. The molecule has 4 aliphatic carbocycles. The van der Waals surface area contributed by atoms with E-state index in [1.165, 1.54) is 37.6 Å². The van der Waals surface area contributed by atoms with Crippen LogP contribution in [0.15, 0.2) is 29.4 Å². The molecule has 26 heavy (non-hydrogen) atoms. The number of rotatable bonds is 4. The van der Waals surface area contributed by atoms with Crippen molar-refractivity contribution in [2.75, 3.05) is 0 Å². The summed E-state index contributed by atoms with van der Waals surface area (Å²) in [6.07, 6.45) is 8.06. The number of nitrogens with zero attached hydrogens (tertiary/aromatic N) is 2. The fourth-order valence-electron chi connectivity index (χ4n) is 6.70. The number of nitro groups is 1. The van der Waals surface area contributed by atoms with Crippen LogP contribution < -0.4 is 5.43 Å². The summed E-state index contributed by atoms with van der Waals surface area (Å²) in [5.41, 5.74) is 3.59. The number of non-ortho nitro benzene ring substituents is 1. The minimum atomic E-state index is -0.438. The number of benzene rings is 1. The van der Waals surface area contributed by atoms with Crippen LogP contribution in [0.4, 0.5) is 5.69 Å². The summed E-state index contributed by atoms with van der Waals surface area (Å²) in [5, 5.41) is 14.9. The molecular weight excluding hydrogens is 330 g/mol. The number of nitrogens with one attached hydrogen (secondary N) is 1. The number of nitro benzene ring substituents is 1. The van der Waals surface area contributed by atoms with Crippen LogP contribution in [0, 0.1) is 32.3 Å². The Morgan fingerprint density at radius 2 is 1.92 bits per heavy atom. The van der Waals surface area contributed by atoms with Crippen molar-refractivity contribution < 1.29 is 9.72 Å². The quantitative estimate of drug-likeness (QED) is 0.502. The predicted octanol–water partition coefficient (Wildman–Crippen LogP) is 4.04. The highest BCUT2D eigenvalue weighted by molar-refractivity contribution is 5.86. The van der Waals surface area contributed by atoms with Gasteiger partial charge in [0.05, 0.1) is 16.6 Å². The molecule has 1 N–H and O–H groups in total. The molecule has 6 heteroatoms. The first-order valence-corrected chi connectivity index (χ1v) is 9.29. The van der Waals surface area contributed by atoms with E-state index in [9.17, 15) is 14.9 Å². The van der Waals surface area contributed by atoms with Crippen LogP contribution in [0.2, 0.25) is 0 Å². The minimum absolute atomic E-state index is 0.0146. The Kier molecular flexibility index (Phi) is 3.72. The monoisotopic (exact) mass is 355 g/mol. The van der Waals surface area contributed by atoms with Gasteiger partial charge < -0.3 is 0 Å². The van der Waals surface area contributed by atoms with E-state index in [2.05, 4.69) is 24.4 Å². The number of hydrazone groups is 1. The van der Waals surface area contributed by atoms with Crippen LogP contribution >= 0.6 is 0 Å². The average molecular weight is 355 g/mol. The summed E-state index contributed by atoms with van der Waals surface area (Å²) in [7, 11) is 0. The van der Waals surface area contributed by atoms with Gasteiger partial charge in [0.1, 0.15) is 0 Å². The van der Waals surface area contributed by atoms with Gasteiger partial charge in [0, 0.05) is 17.7 Å².